The van der Waals surface area contributed by atoms with E-state index in [9.17, 15) is 18.0 Å². The van der Waals surface area contributed by atoms with Crippen molar-refractivity contribution < 1.29 is 23.1 Å². The molecular weight excluding hydrogens is 263 g/mol. The van der Waals surface area contributed by atoms with Gasteiger partial charge in [0, 0.05) is 11.6 Å². The van der Waals surface area contributed by atoms with E-state index >= 15 is 0 Å². The highest BCUT2D eigenvalue weighted by Gasteiger charge is 2.30. The van der Waals surface area contributed by atoms with E-state index in [-0.39, 0.29) is 17.1 Å². The highest BCUT2D eigenvalue weighted by atomic mass is 19.4. The molecule has 0 unspecified atom stereocenters. The zero-order valence-electron chi connectivity index (χ0n) is 9.35. The number of nitrogens with zero attached hydrogens (tertiary/aromatic N) is 2. The first-order valence-electron chi connectivity index (χ1n) is 5.05. The molecule has 1 heterocycles. The predicted molar refractivity (Wildman–Crippen MR) is 60.5 cm³/mol. The van der Waals surface area contributed by atoms with Gasteiger partial charge in [0.25, 0.3) is 0 Å². The normalized spacial score (nSPS) is 11.5. The molecule has 0 fully saturated rings. The third-order valence-corrected chi connectivity index (χ3v) is 2.42. The third kappa shape index (κ3) is 2.51. The van der Waals surface area contributed by atoms with E-state index in [0.29, 0.717) is 4.68 Å². The Hall–Kier alpha value is -2.51. The van der Waals surface area contributed by atoms with Crippen LogP contribution in [0.15, 0.2) is 30.3 Å². The molecule has 8 heteroatoms. The van der Waals surface area contributed by atoms with Crippen LogP contribution in [-0.4, -0.2) is 21.0 Å². The van der Waals surface area contributed by atoms with Gasteiger partial charge in [-0.2, -0.15) is 17.9 Å². The number of nitrogens with two attached hydrogens (primary N) is 1. The first-order chi connectivity index (χ1) is 8.79. The molecule has 0 radical (unpaired) electrons. The monoisotopic (exact) mass is 271 g/mol. The summed E-state index contributed by atoms with van der Waals surface area (Å²) in [6, 6.07) is 5.34. The number of carboxylic acid groups (broad SMARTS) is 1. The van der Waals surface area contributed by atoms with Crippen LogP contribution < -0.4 is 5.73 Å². The number of carbonyl (C=O) groups is 1. The van der Waals surface area contributed by atoms with Crippen LogP contribution in [0, 0.1) is 0 Å². The number of rotatable bonds is 1. The summed E-state index contributed by atoms with van der Waals surface area (Å²) < 4.78 is 37.8. The zero-order chi connectivity index (χ0) is 14.2. The third-order valence-electron chi connectivity index (χ3n) is 2.42. The summed E-state index contributed by atoms with van der Waals surface area (Å²) in [6.07, 6.45) is -5.81. The summed E-state index contributed by atoms with van der Waals surface area (Å²) in [5.74, 6) is -0.0303. The van der Waals surface area contributed by atoms with Crippen molar-refractivity contribution in [3.8, 4) is 11.3 Å². The van der Waals surface area contributed by atoms with Gasteiger partial charge >= 0.3 is 12.3 Å². The van der Waals surface area contributed by atoms with Gasteiger partial charge < -0.3 is 10.8 Å². The van der Waals surface area contributed by atoms with Crippen molar-refractivity contribution in [3.63, 3.8) is 0 Å². The molecule has 100 valence electrons. The lowest BCUT2D eigenvalue weighted by molar-refractivity contribution is -0.137. The van der Waals surface area contributed by atoms with E-state index in [1.165, 1.54) is 18.2 Å². The fraction of sp³-hybridized carbons (Fsp3) is 0.0909. The fourth-order valence-electron chi connectivity index (χ4n) is 1.58. The Morgan fingerprint density at radius 3 is 2.32 bits per heavy atom. The SMILES string of the molecule is Nc1cc(-c2ccc(C(F)(F)F)cc2)n(C(=O)O)n1. The second kappa shape index (κ2) is 4.30. The van der Waals surface area contributed by atoms with E-state index in [0.717, 1.165) is 12.1 Å². The van der Waals surface area contributed by atoms with Crippen molar-refractivity contribution in [1.82, 2.24) is 9.78 Å². The Balaban J connectivity index is 2.46. The summed E-state index contributed by atoms with van der Waals surface area (Å²) in [6.45, 7) is 0. The first-order valence-corrected chi connectivity index (χ1v) is 5.05. The van der Waals surface area contributed by atoms with Crippen molar-refractivity contribution in [1.29, 1.82) is 0 Å². The number of anilines is 1. The number of aromatic nitrogens is 2. The average Bonchev–Trinajstić information content (AvgIpc) is 2.70. The summed E-state index contributed by atoms with van der Waals surface area (Å²) in [7, 11) is 0. The topological polar surface area (TPSA) is 81.1 Å². The smallest absolute Gasteiger partial charge is 0.432 e. The van der Waals surface area contributed by atoms with Gasteiger partial charge in [0.2, 0.25) is 0 Å². The maximum atomic E-state index is 12.4. The highest BCUT2D eigenvalue weighted by Crippen LogP contribution is 2.31. The van der Waals surface area contributed by atoms with Crippen LogP contribution in [0.4, 0.5) is 23.8 Å². The van der Waals surface area contributed by atoms with Crippen molar-refractivity contribution >= 4 is 11.9 Å². The second-order valence-electron chi connectivity index (χ2n) is 3.72. The van der Waals surface area contributed by atoms with Gasteiger partial charge in [0.05, 0.1) is 11.3 Å². The molecule has 0 bridgehead atoms. The van der Waals surface area contributed by atoms with Crippen molar-refractivity contribution in [2.45, 2.75) is 6.18 Å². The lowest BCUT2D eigenvalue weighted by Crippen LogP contribution is -2.11. The van der Waals surface area contributed by atoms with Crippen molar-refractivity contribution in [3.05, 3.63) is 35.9 Å². The number of benzene rings is 1. The Morgan fingerprint density at radius 1 is 1.26 bits per heavy atom. The molecule has 0 amide bonds. The number of alkyl halides is 3. The lowest BCUT2D eigenvalue weighted by atomic mass is 10.1. The number of halogens is 3. The summed E-state index contributed by atoms with van der Waals surface area (Å²) in [5, 5.41) is 12.4. The molecule has 19 heavy (non-hydrogen) atoms. The minimum absolute atomic E-state index is 0.0303. The number of nitrogen functional groups attached to an aromatic ring is 1. The standard InChI is InChI=1S/C11H8F3N3O2/c12-11(13,14)7-3-1-6(2-4-7)8-5-9(15)16-17(8)10(18)19/h1-5H,(H2,15,16)(H,18,19). The largest absolute Gasteiger partial charge is 0.463 e. The van der Waals surface area contributed by atoms with Crippen LogP contribution in [0.1, 0.15) is 5.56 Å². The molecule has 0 aliphatic carbocycles. The van der Waals surface area contributed by atoms with Crippen molar-refractivity contribution in [2.24, 2.45) is 0 Å². The number of hydrogen-bond donors (Lipinski definition) is 2. The minimum atomic E-state index is -4.44. The predicted octanol–water partition coefficient (Wildman–Crippen LogP) is 2.68. The molecule has 0 saturated carbocycles. The maximum absolute atomic E-state index is 12.4. The Labute approximate surface area is 105 Å². The van der Waals surface area contributed by atoms with Crippen LogP contribution in [0.3, 0.4) is 0 Å². The molecule has 0 atom stereocenters. The molecular formula is C11H8F3N3O2. The van der Waals surface area contributed by atoms with E-state index in [2.05, 4.69) is 5.10 Å². The van der Waals surface area contributed by atoms with Crippen LogP contribution in [0.25, 0.3) is 11.3 Å². The molecule has 3 N–H and O–H groups in total. The maximum Gasteiger partial charge on any atom is 0.432 e. The van der Waals surface area contributed by atoms with Gasteiger partial charge in [-0.3, -0.25) is 0 Å². The average molecular weight is 271 g/mol. The summed E-state index contributed by atoms with van der Waals surface area (Å²) in [4.78, 5) is 10.9. The fourth-order valence-corrected chi connectivity index (χ4v) is 1.58. The van der Waals surface area contributed by atoms with Gasteiger partial charge in [-0.15, -0.1) is 5.10 Å². The Kier molecular flexibility index (Phi) is 2.93. The Bertz CT molecular complexity index is 617. The van der Waals surface area contributed by atoms with Crippen LogP contribution >= 0.6 is 0 Å². The molecule has 1 aromatic carbocycles. The zero-order valence-corrected chi connectivity index (χ0v) is 9.35. The quantitative estimate of drug-likeness (QED) is 0.835. The molecule has 1 aromatic heterocycles. The molecule has 2 rings (SSSR count). The van der Waals surface area contributed by atoms with E-state index in [1.54, 1.807) is 0 Å². The lowest BCUT2D eigenvalue weighted by Gasteiger charge is -2.07. The molecule has 2 aromatic rings. The molecule has 0 aliphatic heterocycles. The van der Waals surface area contributed by atoms with E-state index in [4.69, 9.17) is 10.8 Å². The highest BCUT2D eigenvalue weighted by molar-refractivity contribution is 5.77. The van der Waals surface area contributed by atoms with E-state index < -0.39 is 17.8 Å². The molecule has 5 nitrogen and oxygen atoms in total. The number of hydrogen-bond acceptors (Lipinski definition) is 3. The molecule has 0 saturated heterocycles. The van der Waals surface area contributed by atoms with Gasteiger partial charge in [-0.1, -0.05) is 12.1 Å². The molecule has 0 aliphatic rings. The second-order valence-corrected chi connectivity index (χ2v) is 3.72. The molecule has 0 spiro atoms. The van der Waals surface area contributed by atoms with Crippen LogP contribution in [0.5, 0.6) is 0 Å². The first kappa shape index (κ1) is 12.9. The van der Waals surface area contributed by atoms with Crippen LogP contribution in [0.2, 0.25) is 0 Å². The summed E-state index contributed by atoms with van der Waals surface area (Å²) in [5.41, 5.74) is 4.95. The van der Waals surface area contributed by atoms with Gasteiger partial charge in [-0.05, 0) is 12.1 Å². The summed E-state index contributed by atoms with van der Waals surface area (Å²) >= 11 is 0. The minimum Gasteiger partial charge on any atom is -0.463 e. The van der Waals surface area contributed by atoms with E-state index in [1.807, 2.05) is 0 Å². The van der Waals surface area contributed by atoms with Crippen LogP contribution in [-0.2, 0) is 6.18 Å². The van der Waals surface area contributed by atoms with Gasteiger partial charge in [-0.25, -0.2) is 4.79 Å². The van der Waals surface area contributed by atoms with Gasteiger partial charge in [0.15, 0.2) is 0 Å². The van der Waals surface area contributed by atoms with Crippen molar-refractivity contribution in [2.75, 3.05) is 5.73 Å². The van der Waals surface area contributed by atoms with Gasteiger partial charge in [0.1, 0.15) is 5.82 Å². The Morgan fingerprint density at radius 2 is 1.84 bits per heavy atom.